The topological polar surface area (TPSA) is 89.9 Å². The fourth-order valence-corrected chi connectivity index (χ4v) is 4.23. The second-order valence-electron chi connectivity index (χ2n) is 7.02. The number of nitrogens with zero attached hydrogens (tertiary/aromatic N) is 3. The van der Waals surface area contributed by atoms with Crippen LogP contribution in [0.2, 0.25) is 0 Å². The highest BCUT2D eigenvalue weighted by atomic mass is 32.2. The number of aromatic nitrogens is 4. The van der Waals surface area contributed by atoms with Crippen molar-refractivity contribution in [1.29, 1.82) is 0 Å². The molecule has 3 rings (SSSR count). The van der Waals surface area contributed by atoms with E-state index in [9.17, 15) is 9.59 Å². The van der Waals surface area contributed by atoms with Crippen LogP contribution < -0.4 is 0 Å². The molecule has 0 radical (unpaired) electrons. The van der Waals surface area contributed by atoms with Gasteiger partial charge in [-0.1, -0.05) is 48.2 Å². The Hall–Kier alpha value is -3.13. The molecule has 0 amide bonds. The third-order valence-electron chi connectivity index (χ3n) is 4.84. The summed E-state index contributed by atoms with van der Waals surface area (Å²) in [6.45, 7) is 9.93. The molecule has 0 fully saturated rings. The maximum atomic E-state index is 12.9. The van der Waals surface area contributed by atoms with E-state index in [2.05, 4.69) is 21.8 Å². The first kappa shape index (κ1) is 22.6. The van der Waals surface area contributed by atoms with Crippen molar-refractivity contribution in [3.05, 3.63) is 76.9 Å². The molecular weight excluding hydrogens is 412 g/mol. The number of Topliss-reactive ketones (excluding diaryl/α,β-unsaturated/α-hetero) is 1. The number of esters is 1. The van der Waals surface area contributed by atoms with Gasteiger partial charge in [0.05, 0.1) is 23.6 Å². The summed E-state index contributed by atoms with van der Waals surface area (Å²) in [5.41, 5.74) is 3.22. The molecule has 0 aliphatic rings. The highest BCUT2D eigenvalue weighted by molar-refractivity contribution is 7.99. The number of thioether (sulfide) groups is 1. The maximum Gasteiger partial charge on any atom is 0.340 e. The monoisotopic (exact) mass is 438 g/mol. The lowest BCUT2D eigenvalue weighted by Crippen LogP contribution is -2.09. The van der Waals surface area contributed by atoms with Crippen molar-refractivity contribution in [2.75, 3.05) is 12.4 Å². The van der Waals surface area contributed by atoms with E-state index in [1.165, 1.54) is 11.8 Å². The van der Waals surface area contributed by atoms with Crippen LogP contribution in [0.25, 0.3) is 0 Å². The number of rotatable bonds is 10. The molecular formula is C23H26N4O3S. The van der Waals surface area contributed by atoms with Crippen molar-refractivity contribution >= 4 is 23.5 Å². The molecule has 2 heterocycles. The number of carbonyl (C=O) groups is 2. The van der Waals surface area contributed by atoms with Crippen LogP contribution in [-0.4, -0.2) is 43.9 Å². The Morgan fingerprint density at radius 2 is 1.97 bits per heavy atom. The van der Waals surface area contributed by atoms with Crippen molar-refractivity contribution in [3.8, 4) is 0 Å². The number of nitrogens with one attached hydrogen (secondary N) is 1. The smallest absolute Gasteiger partial charge is 0.340 e. The van der Waals surface area contributed by atoms with Gasteiger partial charge in [0.2, 0.25) is 0 Å². The number of allylic oxidation sites excluding steroid dienone is 1. The van der Waals surface area contributed by atoms with E-state index in [0.29, 0.717) is 40.6 Å². The SMILES string of the molecule is C=CCn1c(Cc2ccccc2)nnc1SCC(=O)c1[nH]c(C)c(C(=O)OCC)c1C. The van der Waals surface area contributed by atoms with Crippen LogP contribution in [0, 0.1) is 13.8 Å². The zero-order valence-corrected chi connectivity index (χ0v) is 18.8. The van der Waals surface area contributed by atoms with Crippen molar-refractivity contribution in [2.45, 2.75) is 38.9 Å². The molecule has 0 aliphatic carbocycles. The molecule has 7 nitrogen and oxygen atoms in total. The molecule has 0 bridgehead atoms. The van der Waals surface area contributed by atoms with E-state index in [1.54, 1.807) is 26.8 Å². The minimum absolute atomic E-state index is 0.112. The Morgan fingerprint density at radius 1 is 1.23 bits per heavy atom. The third kappa shape index (κ3) is 5.14. The van der Waals surface area contributed by atoms with E-state index in [1.807, 2.05) is 34.9 Å². The summed E-state index contributed by atoms with van der Waals surface area (Å²) >= 11 is 1.32. The first-order valence-electron chi connectivity index (χ1n) is 10.0. The van der Waals surface area contributed by atoms with E-state index >= 15 is 0 Å². The Kier molecular flexibility index (Phi) is 7.46. The summed E-state index contributed by atoms with van der Waals surface area (Å²) in [6, 6.07) is 10.0. The van der Waals surface area contributed by atoms with Crippen molar-refractivity contribution < 1.29 is 14.3 Å². The fourth-order valence-electron chi connectivity index (χ4n) is 3.39. The Labute approximate surface area is 185 Å². The average molecular weight is 439 g/mol. The normalized spacial score (nSPS) is 10.8. The van der Waals surface area contributed by atoms with Crippen LogP contribution >= 0.6 is 11.8 Å². The molecule has 0 spiro atoms. The van der Waals surface area contributed by atoms with Gasteiger partial charge in [0.15, 0.2) is 10.9 Å². The van der Waals surface area contributed by atoms with Crippen LogP contribution in [0.1, 0.15) is 50.4 Å². The largest absolute Gasteiger partial charge is 0.462 e. The number of benzene rings is 1. The van der Waals surface area contributed by atoms with E-state index in [0.717, 1.165) is 11.4 Å². The van der Waals surface area contributed by atoms with E-state index in [-0.39, 0.29) is 18.1 Å². The van der Waals surface area contributed by atoms with Crippen molar-refractivity contribution in [1.82, 2.24) is 19.7 Å². The molecule has 0 unspecified atom stereocenters. The zero-order valence-electron chi connectivity index (χ0n) is 18.0. The van der Waals surface area contributed by atoms with Gasteiger partial charge in [-0.3, -0.25) is 4.79 Å². The molecule has 2 aromatic heterocycles. The van der Waals surface area contributed by atoms with Gasteiger partial charge in [-0.2, -0.15) is 0 Å². The van der Waals surface area contributed by atoms with Crippen LogP contribution in [0.4, 0.5) is 0 Å². The second-order valence-corrected chi connectivity index (χ2v) is 7.96. The number of carbonyl (C=O) groups excluding carboxylic acids is 2. The van der Waals surface area contributed by atoms with Gasteiger partial charge in [0.1, 0.15) is 5.82 Å². The molecule has 1 aromatic carbocycles. The molecule has 8 heteroatoms. The van der Waals surface area contributed by atoms with Gasteiger partial charge in [-0.15, -0.1) is 16.8 Å². The van der Waals surface area contributed by atoms with Crippen LogP contribution in [0.3, 0.4) is 0 Å². The Bertz CT molecular complexity index is 1090. The molecule has 1 N–H and O–H groups in total. The number of H-pyrrole nitrogens is 1. The predicted octanol–water partition coefficient (Wildman–Crippen LogP) is 4.15. The minimum Gasteiger partial charge on any atom is -0.462 e. The van der Waals surface area contributed by atoms with Gasteiger partial charge >= 0.3 is 5.97 Å². The van der Waals surface area contributed by atoms with Crippen molar-refractivity contribution in [2.24, 2.45) is 0 Å². The lowest BCUT2D eigenvalue weighted by molar-refractivity contribution is 0.0525. The summed E-state index contributed by atoms with van der Waals surface area (Å²) < 4.78 is 7.07. The maximum absolute atomic E-state index is 12.9. The number of hydrogen-bond donors (Lipinski definition) is 1. The molecule has 0 saturated heterocycles. The van der Waals surface area contributed by atoms with E-state index in [4.69, 9.17) is 4.74 Å². The lowest BCUT2D eigenvalue weighted by atomic mass is 10.1. The summed E-state index contributed by atoms with van der Waals surface area (Å²) in [4.78, 5) is 28.1. The van der Waals surface area contributed by atoms with Gasteiger partial charge < -0.3 is 14.3 Å². The lowest BCUT2D eigenvalue weighted by Gasteiger charge is -2.08. The highest BCUT2D eigenvalue weighted by Crippen LogP contribution is 2.24. The summed E-state index contributed by atoms with van der Waals surface area (Å²) in [7, 11) is 0. The third-order valence-corrected chi connectivity index (χ3v) is 5.81. The Balaban J connectivity index is 1.75. The highest BCUT2D eigenvalue weighted by Gasteiger charge is 2.23. The number of hydrogen-bond acceptors (Lipinski definition) is 6. The van der Waals surface area contributed by atoms with Crippen LogP contribution in [0.15, 0.2) is 48.1 Å². The molecule has 0 atom stereocenters. The number of aryl methyl sites for hydroxylation is 1. The summed E-state index contributed by atoms with van der Waals surface area (Å²) in [6.07, 6.45) is 2.43. The van der Waals surface area contributed by atoms with E-state index < -0.39 is 5.97 Å². The number of ketones is 1. The fraction of sp³-hybridized carbons (Fsp3) is 0.304. The van der Waals surface area contributed by atoms with Crippen molar-refractivity contribution in [3.63, 3.8) is 0 Å². The molecule has 162 valence electrons. The average Bonchev–Trinajstić information content (AvgIpc) is 3.27. The molecule has 0 aliphatic heterocycles. The predicted molar refractivity (Wildman–Crippen MR) is 121 cm³/mol. The second kappa shape index (κ2) is 10.3. The number of aromatic amines is 1. The molecule has 0 saturated carbocycles. The van der Waals surface area contributed by atoms with Gasteiger partial charge in [0.25, 0.3) is 0 Å². The number of ether oxygens (including phenoxy) is 1. The van der Waals surface area contributed by atoms with Crippen LogP contribution in [0.5, 0.6) is 0 Å². The summed E-state index contributed by atoms with van der Waals surface area (Å²) in [5, 5.41) is 9.27. The Morgan fingerprint density at radius 3 is 2.65 bits per heavy atom. The first-order chi connectivity index (χ1) is 15.0. The van der Waals surface area contributed by atoms with Gasteiger partial charge in [0, 0.05) is 18.7 Å². The van der Waals surface area contributed by atoms with Crippen LogP contribution in [-0.2, 0) is 17.7 Å². The first-order valence-corrected chi connectivity index (χ1v) is 11.0. The van der Waals surface area contributed by atoms with Gasteiger partial charge in [-0.25, -0.2) is 4.79 Å². The zero-order chi connectivity index (χ0) is 22.4. The molecule has 31 heavy (non-hydrogen) atoms. The quantitative estimate of drug-likeness (QED) is 0.221. The standard InChI is InChI=1S/C23H26N4O3S/c1-5-12-27-19(13-17-10-8-7-9-11-17)25-26-23(27)31-14-18(28)21-15(3)20(16(4)24-21)22(29)30-6-2/h5,7-11,24H,1,6,12-14H2,2-4H3. The molecule has 3 aromatic rings. The minimum atomic E-state index is -0.420. The van der Waals surface area contributed by atoms with Gasteiger partial charge in [-0.05, 0) is 31.9 Å². The summed E-state index contributed by atoms with van der Waals surface area (Å²) in [5.74, 6) is 0.456.